The van der Waals surface area contributed by atoms with Crippen LogP contribution in [0.15, 0.2) is 40.8 Å². The Bertz CT molecular complexity index is 980. The Morgan fingerprint density at radius 3 is 2.67 bits per heavy atom. The monoisotopic (exact) mass is 385 g/mol. The van der Waals surface area contributed by atoms with E-state index in [1.54, 1.807) is 11.0 Å². The molecule has 1 aromatic carbocycles. The molecule has 1 aliphatic rings. The number of halogens is 1. The van der Waals surface area contributed by atoms with Gasteiger partial charge in [-0.05, 0) is 31.2 Å². The fourth-order valence-corrected chi connectivity index (χ4v) is 3.46. The maximum Gasteiger partial charge on any atom is 0.264 e. The lowest BCUT2D eigenvalue weighted by Crippen LogP contribution is -2.50. The standard InChI is InChI=1S/C19H20ClN5O2/c1-13-7-8-16(23(13)2)19-22-21-17(27-19)11-24-9-10-25(18(26)12-24)15-6-4-3-5-14(15)20/h3-8H,9-12H2,1-2H3. The predicted molar refractivity (Wildman–Crippen MR) is 103 cm³/mol. The number of carbonyl (C=O) groups is 1. The number of anilines is 1. The lowest BCUT2D eigenvalue weighted by atomic mass is 10.2. The Kier molecular flexibility index (Phi) is 4.72. The van der Waals surface area contributed by atoms with Gasteiger partial charge in [0, 0.05) is 25.8 Å². The molecule has 3 aromatic rings. The maximum atomic E-state index is 12.6. The molecule has 0 atom stereocenters. The average Bonchev–Trinajstić information content (AvgIpc) is 3.23. The number of nitrogens with zero attached hydrogens (tertiary/aromatic N) is 5. The third-order valence-electron chi connectivity index (χ3n) is 4.86. The Labute approximate surface area is 162 Å². The molecule has 8 heteroatoms. The molecule has 1 aliphatic heterocycles. The summed E-state index contributed by atoms with van der Waals surface area (Å²) < 4.78 is 7.80. The second kappa shape index (κ2) is 7.17. The molecule has 3 heterocycles. The first-order valence-electron chi connectivity index (χ1n) is 8.75. The van der Waals surface area contributed by atoms with Crippen LogP contribution >= 0.6 is 11.6 Å². The number of carbonyl (C=O) groups excluding carboxylic acids is 1. The van der Waals surface area contributed by atoms with Crippen LogP contribution in [0.4, 0.5) is 5.69 Å². The summed E-state index contributed by atoms with van der Waals surface area (Å²) >= 11 is 6.22. The smallest absolute Gasteiger partial charge is 0.264 e. The van der Waals surface area contributed by atoms with Gasteiger partial charge < -0.3 is 13.9 Å². The zero-order valence-corrected chi connectivity index (χ0v) is 16.0. The molecule has 0 spiro atoms. The highest BCUT2D eigenvalue weighted by Crippen LogP contribution is 2.27. The molecule has 1 fully saturated rings. The van der Waals surface area contributed by atoms with Crippen molar-refractivity contribution in [2.24, 2.45) is 7.05 Å². The van der Waals surface area contributed by atoms with E-state index in [1.807, 2.05) is 53.8 Å². The fraction of sp³-hybridized carbons (Fsp3) is 0.316. The van der Waals surface area contributed by atoms with Crippen LogP contribution in [0.2, 0.25) is 5.02 Å². The Morgan fingerprint density at radius 1 is 1.15 bits per heavy atom. The first-order valence-corrected chi connectivity index (χ1v) is 9.13. The number of rotatable bonds is 4. The summed E-state index contributed by atoms with van der Waals surface area (Å²) in [7, 11) is 1.96. The molecule has 0 N–H and O–H groups in total. The Balaban J connectivity index is 1.43. The first kappa shape index (κ1) is 17.8. The van der Waals surface area contributed by atoms with Crippen molar-refractivity contribution in [2.45, 2.75) is 13.5 Å². The van der Waals surface area contributed by atoms with Gasteiger partial charge in [0.2, 0.25) is 11.8 Å². The minimum Gasteiger partial charge on any atom is -0.418 e. The summed E-state index contributed by atoms with van der Waals surface area (Å²) in [6.07, 6.45) is 0. The summed E-state index contributed by atoms with van der Waals surface area (Å²) in [5.41, 5.74) is 2.75. The van der Waals surface area contributed by atoms with E-state index in [4.69, 9.17) is 16.0 Å². The third-order valence-corrected chi connectivity index (χ3v) is 5.18. The SMILES string of the molecule is Cc1ccc(-c2nnc(CN3CCN(c4ccccc4Cl)C(=O)C3)o2)n1C. The number of hydrogen-bond acceptors (Lipinski definition) is 5. The number of aromatic nitrogens is 3. The van der Waals surface area contributed by atoms with E-state index in [1.165, 1.54) is 0 Å². The molecule has 2 aromatic heterocycles. The van der Waals surface area contributed by atoms with Crippen LogP contribution in [0.3, 0.4) is 0 Å². The Morgan fingerprint density at radius 2 is 1.96 bits per heavy atom. The number of benzene rings is 1. The van der Waals surface area contributed by atoms with Gasteiger partial charge in [-0.2, -0.15) is 0 Å². The molecular weight excluding hydrogens is 366 g/mol. The zero-order valence-electron chi connectivity index (χ0n) is 15.2. The molecule has 0 radical (unpaired) electrons. The average molecular weight is 386 g/mol. The number of aryl methyl sites for hydroxylation is 1. The van der Waals surface area contributed by atoms with Crippen LogP contribution in [-0.2, 0) is 18.4 Å². The number of piperazine rings is 1. The predicted octanol–water partition coefficient (Wildman–Crippen LogP) is 2.89. The van der Waals surface area contributed by atoms with Gasteiger partial charge in [0.05, 0.1) is 23.8 Å². The van der Waals surface area contributed by atoms with Gasteiger partial charge in [0.1, 0.15) is 5.69 Å². The van der Waals surface area contributed by atoms with Crippen molar-refractivity contribution < 1.29 is 9.21 Å². The minimum absolute atomic E-state index is 0.00662. The van der Waals surface area contributed by atoms with Gasteiger partial charge >= 0.3 is 0 Å². The highest BCUT2D eigenvalue weighted by molar-refractivity contribution is 6.33. The molecule has 1 saturated heterocycles. The van der Waals surface area contributed by atoms with Crippen molar-refractivity contribution in [1.82, 2.24) is 19.7 Å². The van der Waals surface area contributed by atoms with Crippen molar-refractivity contribution in [3.63, 3.8) is 0 Å². The van der Waals surface area contributed by atoms with Gasteiger partial charge in [0.15, 0.2) is 0 Å². The van der Waals surface area contributed by atoms with Crippen molar-refractivity contribution in [3.05, 3.63) is 53.0 Å². The molecule has 0 aliphatic carbocycles. The summed E-state index contributed by atoms with van der Waals surface area (Å²) in [5, 5.41) is 8.86. The van der Waals surface area contributed by atoms with E-state index in [9.17, 15) is 4.79 Å². The van der Waals surface area contributed by atoms with E-state index in [-0.39, 0.29) is 12.5 Å². The second-order valence-electron chi connectivity index (χ2n) is 6.63. The van der Waals surface area contributed by atoms with Crippen molar-refractivity contribution >= 4 is 23.2 Å². The Hall–Kier alpha value is -2.64. The van der Waals surface area contributed by atoms with E-state index >= 15 is 0 Å². The first-order chi connectivity index (χ1) is 13.0. The van der Waals surface area contributed by atoms with E-state index in [0.717, 1.165) is 17.1 Å². The molecule has 4 rings (SSSR count). The van der Waals surface area contributed by atoms with Crippen molar-refractivity contribution in [2.75, 3.05) is 24.5 Å². The summed E-state index contributed by atoms with van der Waals surface area (Å²) in [4.78, 5) is 16.3. The van der Waals surface area contributed by atoms with E-state index < -0.39 is 0 Å². The quantitative estimate of drug-likeness (QED) is 0.690. The molecule has 7 nitrogen and oxygen atoms in total. The highest BCUT2D eigenvalue weighted by atomic mass is 35.5. The molecular formula is C19H20ClN5O2. The fourth-order valence-electron chi connectivity index (χ4n) is 3.22. The summed E-state index contributed by atoms with van der Waals surface area (Å²) in [6, 6.07) is 11.4. The van der Waals surface area contributed by atoms with E-state index in [0.29, 0.717) is 36.4 Å². The van der Waals surface area contributed by atoms with Crippen LogP contribution in [0.1, 0.15) is 11.6 Å². The number of para-hydroxylation sites is 1. The van der Waals surface area contributed by atoms with Gasteiger partial charge in [-0.1, -0.05) is 23.7 Å². The van der Waals surface area contributed by atoms with Crippen LogP contribution in [-0.4, -0.2) is 45.2 Å². The molecule has 0 unspecified atom stereocenters. The zero-order chi connectivity index (χ0) is 19.0. The lowest BCUT2D eigenvalue weighted by molar-refractivity contribution is -0.121. The van der Waals surface area contributed by atoms with Crippen LogP contribution in [0.25, 0.3) is 11.6 Å². The molecule has 0 saturated carbocycles. The highest BCUT2D eigenvalue weighted by Gasteiger charge is 2.27. The molecule has 0 bridgehead atoms. The maximum absolute atomic E-state index is 12.6. The van der Waals surface area contributed by atoms with Gasteiger partial charge in [-0.25, -0.2) is 0 Å². The largest absolute Gasteiger partial charge is 0.418 e. The topological polar surface area (TPSA) is 67.4 Å². The van der Waals surface area contributed by atoms with E-state index in [2.05, 4.69) is 10.2 Å². The second-order valence-corrected chi connectivity index (χ2v) is 7.03. The van der Waals surface area contributed by atoms with Gasteiger partial charge in [0.25, 0.3) is 5.89 Å². The van der Waals surface area contributed by atoms with Crippen LogP contribution in [0, 0.1) is 6.92 Å². The molecule has 27 heavy (non-hydrogen) atoms. The third kappa shape index (κ3) is 3.48. The van der Waals surface area contributed by atoms with Gasteiger partial charge in [-0.3, -0.25) is 9.69 Å². The van der Waals surface area contributed by atoms with Crippen molar-refractivity contribution in [1.29, 1.82) is 0 Å². The van der Waals surface area contributed by atoms with Crippen molar-refractivity contribution in [3.8, 4) is 11.6 Å². The molecule has 140 valence electrons. The summed E-state index contributed by atoms with van der Waals surface area (Å²) in [6.45, 7) is 4.02. The minimum atomic E-state index is 0.00662. The number of amides is 1. The lowest BCUT2D eigenvalue weighted by Gasteiger charge is -2.33. The van der Waals surface area contributed by atoms with Gasteiger partial charge in [-0.15, -0.1) is 10.2 Å². The van der Waals surface area contributed by atoms with Crippen LogP contribution in [0.5, 0.6) is 0 Å². The normalized spacial score (nSPS) is 15.5. The summed E-state index contributed by atoms with van der Waals surface area (Å²) in [5.74, 6) is 0.997. The molecule has 1 amide bonds. The number of hydrogen-bond donors (Lipinski definition) is 0. The van der Waals surface area contributed by atoms with Crippen LogP contribution < -0.4 is 4.90 Å².